The molecule has 5 nitrogen and oxygen atoms in total. The molecule has 1 unspecified atom stereocenters. The highest BCUT2D eigenvalue weighted by atomic mass is 16.1. The van der Waals surface area contributed by atoms with Crippen molar-refractivity contribution >= 4 is 11.7 Å². The number of amides is 1. The van der Waals surface area contributed by atoms with E-state index in [-0.39, 0.29) is 11.9 Å². The Morgan fingerprint density at radius 3 is 2.89 bits per heavy atom. The molecule has 0 radical (unpaired) electrons. The summed E-state index contributed by atoms with van der Waals surface area (Å²) in [5.74, 6) is 0.157. The number of carbonyl (C=O) groups excluding carboxylic acids is 1. The number of nitrogens with zero attached hydrogens (tertiary/aromatic N) is 1. The third kappa shape index (κ3) is 2.31. The summed E-state index contributed by atoms with van der Waals surface area (Å²) >= 11 is 0. The highest BCUT2D eigenvalue weighted by Gasteiger charge is 2.21. The van der Waals surface area contributed by atoms with E-state index in [1.54, 1.807) is 0 Å². The zero-order valence-electron chi connectivity index (χ0n) is 10.5. The van der Waals surface area contributed by atoms with Crippen LogP contribution in [-0.4, -0.2) is 22.1 Å². The summed E-state index contributed by atoms with van der Waals surface area (Å²) in [6.45, 7) is 0. The van der Waals surface area contributed by atoms with Gasteiger partial charge in [-0.15, -0.1) is 0 Å². The fourth-order valence-electron chi connectivity index (χ4n) is 2.56. The molecule has 1 aromatic carbocycles. The molecule has 0 saturated carbocycles. The first kappa shape index (κ1) is 11.8. The number of anilines is 1. The molecule has 0 aliphatic heterocycles. The van der Waals surface area contributed by atoms with Gasteiger partial charge in [0.15, 0.2) is 0 Å². The number of aryl methyl sites for hydroxylation is 1. The molecule has 4 N–H and O–H groups in total. The van der Waals surface area contributed by atoms with Crippen molar-refractivity contribution in [2.24, 2.45) is 0 Å². The maximum absolute atomic E-state index is 12.1. The standard InChI is InChI=1S/C14H16N4O/c15-13-12(8-16-18-13)14(19)17-11-6-5-9-3-1-2-4-10(9)7-11/h1-4,8,11H,5-7H2,(H,17,19)(H3,15,16,18). The molecule has 1 heterocycles. The van der Waals surface area contributed by atoms with Crippen molar-refractivity contribution in [1.82, 2.24) is 15.5 Å². The van der Waals surface area contributed by atoms with E-state index >= 15 is 0 Å². The Labute approximate surface area is 111 Å². The predicted molar refractivity (Wildman–Crippen MR) is 72.7 cm³/mol. The second kappa shape index (κ2) is 4.76. The Balaban J connectivity index is 1.70. The maximum atomic E-state index is 12.1. The van der Waals surface area contributed by atoms with Gasteiger partial charge >= 0.3 is 0 Å². The van der Waals surface area contributed by atoms with Crippen LogP contribution in [0.2, 0.25) is 0 Å². The quantitative estimate of drug-likeness (QED) is 0.756. The van der Waals surface area contributed by atoms with E-state index in [0.29, 0.717) is 11.4 Å². The molecular weight excluding hydrogens is 240 g/mol. The number of hydrogen-bond acceptors (Lipinski definition) is 3. The largest absolute Gasteiger partial charge is 0.383 e. The van der Waals surface area contributed by atoms with Gasteiger partial charge in [0, 0.05) is 6.04 Å². The zero-order chi connectivity index (χ0) is 13.2. The molecule has 0 spiro atoms. The third-order valence-corrected chi connectivity index (χ3v) is 3.60. The van der Waals surface area contributed by atoms with Crippen molar-refractivity contribution in [1.29, 1.82) is 0 Å². The van der Waals surface area contributed by atoms with Crippen molar-refractivity contribution in [3.63, 3.8) is 0 Å². The van der Waals surface area contributed by atoms with Crippen LogP contribution in [0.3, 0.4) is 0 Å². The number of H-pyrrole nitrogens is 1. The van der Waals surface area contributed by atoms with Gasteiger partial charge in [-0.2, -0.15) is 5.10 Å². The molecule has 19 heavy (non-hydrogen) atoms. The Kier molecular flexibility index (Phi) is 2.95. The molecule has 0 saturated heterocycles. The van der Waals surface area contributed by atoms with Crippen molar-refractivity contribution in [3.05, 3.63) is 47.2 Å². The zero-order valence-corrected chi connectivity index (χ0v) is 10.5. The van der Waals surface area contributed by atoms with E-state index < -0.39 is 0 Å². The molecule has 1 amide bonds. The lowest BCUT2D eigenvalue weighted by Gasteiger charge is -2.25. The van der Waals surface area contributed by atoms with Crippen LogP contribution in [0, 0.1) is 0 Å². The van der Waals surface area contributed by atoms with Crippen LogP contribution in [0.5, 0.6) is 0 Å². The van der Waals surface area contributed by atoms with Gasteiger partial charge in [-0.05, 0) is 30.4 Å². The Morgan fingerprint density at radius 2 is 2.16 bits per heavy atom. The van der Waals surface area contributed by atoms with Gasteiger partial charge in [0.05, 0.1) is 6.20 Å². The lowest BCUT2D eigenvalue weighted by molar-refractivity contribution is 0.0934. The fourth-order valence-corrected chi connectivity index (χ4v) is 2.56. The smallest absolute Gasteiger partial charge is 0.256 e. The van der Waals surface area contributed by atoms with Gasteiger partial charge in [0.1, 0.15) is 11.4 Å². The summed E-state index contributed by atoms with van der Waals surface area (Å²) in [4.78, 5) is 12.1. The molecule has 2 aromatic rings. The van der Waals surface area contributed by atoms with Crippen LogP contribution in [-0.2, 0) is 12.8 Å². The van der Waals surface area contributed by atoms with Crippen LogP contribution in [0.15, 0.2) is 30.5 Å². The molecule has 1 aliphatic carbocycles. The topological polar surface area (TPSA) is 83.8 Å². The molecule has 1 aliphatic rings. The summed E-state index contributed by atoms with van der Waals surface area (Å²) in [7, 11) is 0. The first-order valence-electron chi connectivity index (χ1n) is 6.40. The molecule has 98 valence electrons. The van der Waals surface area contributed by atoms with Crippen LogP contribution in [0.1, 0.15) is 27.9 Å². The van der Waals surface area contributed by atoms with E-state index in [1.807, 2.05) is 6.07 Å². The average molecular weight is 256 g/mol. The third-order valence-electron chi connectivity index (χ3n) is 3.60. The van der Waals surface area contributed by atoms with Gasteiger partial charge in [-0.25, -0.2) is 0 Å². The first-order chi connectivity index (χ1) is 9.24. The molecule has 1 atom stereocenters. The molecule has 3 rings (SSSR count). The van der Waals surface area contributed by atoms with E-state index in [9.17, 15) is 4.79 Å². The number of nitrogens with one attached hydrogen (secondary N) is 2. The predicted octanol–water partition coefficient (Wildman–Crippen LogP) is 1.28. The lowest BCUT2D eigenvalue weighted by Crippen LogP contribution is -2.38. The van der Waals surface area contributed by atoms with E-state index in [4.69, 9.17) is 5.73 Å². The first-order valence-corrected chi connectivity index (χ1v) is 6.40. The number of nitrogen functional groups attached to an aromatic ring is 1. The number of carbonyl (C=O) groups is 1. The van der Waals surface area contributed by atoms with Crippen LogP contribution in [0.25, 0.3) is 0 Å². The van der Waals surface area contributed by atoms with Crippen molar-refractivity contribution in [3.8, 4) is 0 Å². The SMILES string of the molecule is Nc1[nH]ncc1C(=O)NC1CCc2ccccc2C1. The summed E-state index contributed by atoms with van der Waals surface area (Å²) in [6.07, 6.45) is 4.30. The summed E-state index contributed by atoms with van der Waals surface area (Å²) in [5, 5.41) is 9.35. The van der Waals surface area contributed by atoms with E-state index in [1.165, 1.54) is 17.3 Å². The minimum absolute atomic E-state index is 0.157. The number of hydrogen-bond donors (Lipinski definition) is 3. The molecule has 0 bridgehead atoms. The number of aromatic nitrogens is 2. The van der Waals surface area contributed by atoms with E-state index in [0.717, 1.165) is 19.3 Å². The second-order valence-corrected chi connectivity index (χ2v) is 4.88. The van der Waals surface area contributed by atoms with Crippen molar-refractivity contribution in [2.45, 2.75) is 25.3 Å². The van der Waals surface area contributed by atoms with Crippen molar-refractivity contribution < 1.29 is 4.79 Å². The van der Waals surface area contributed by atoms with E-state index in [2.05, 4.69) is 33.7 Å². The minimum atomic E-state index is -0.157. The molecule has 0 fully saturated rings. The second-order valence-electron chi connectivity index (χ2n) is 4.88. The van der Waals surface area contributed by atoms with Gasteiger partial charge in [0.25, 0.3) is 5.91 Å². The molecule has 5 heteroatoms. The summed E-state index contributed by atoms with van der Waals surface area (Å²) in [5.41, 5.74) is 8.76. The van der Waals surface area contributed by atoms with Crippen LogP contribution >= 0.6 is 0 Å². The summed E-state index contributed by atoms with van der Waals surface area (Å²) in [6, 6.07) is 8.54. The Bertz CT molecular complexity index is 605. The Hall–Kier alpha value is -2.30. The summed E-state index contributed by atoms with van der Waals surface area (Å²) < 4.78 is 0. The lowest BCUT2D eigenvalue weighted by atomic mass is 9.88. The van der Waals surface area contributed by atoms with Crippen LogP contribution < -0.4 is 11.1 Å². The van der Waals surface area contributed by atoms with Gasteiger partial charge in [-0.3, -0.25) is 9.89 Å². The number of fused-ring (bicyclic) bond motifs is 1. The normalized spacial score (nSPS) is 17.8. The van der Waals surface area contributed by atoms with Gasteiger partial charge in [-0.1, -0.05) is 24.3 Å². The number of nitrogens with two attached hydrogens (primary N) is 1. The highest BCUT2D eigenvalue weighted by molar-refractivity contribution is 5.98. The minimum Gasteiger partial charge on any atom is -0.383 e. The van der Waals surface area contributed by atoms with Crippen molar-refractivity contribution in [2.75, 3.05) is 5.73 Å². The monoisotopic (exact) mass is 256 g/mol. The highest BCUT2D eigenvalue weighted by Crippen LogP contribution is 2.21. The number of benzene rings is 1. The molecule has 1 aromatic heterocycles. The molecular formula is C14H16N4O. The van der Waals surface area contributed by atoms with Gasteiger partial charge in [0.2, 0.25) is 0 Å². The number of rotatable bonds is 2. The maximum Gasteiger partial charge on any atom is 0.256 e. The fraction of sp³-hybridized carbons (Fsp3) is 0.286. The number of aromatic amines is 1. The van der Waals surface area contributed by atoms with Gasteiger partial charge < -0.3 is 11.1 Å². The Morgan fingerprint density at radius 1 is 1.37 bits per heavy atom. The average Bonchev–Trinajstić information content (AvgIpc) is 2.85. The van der Waals surface area contributed by atoms with Crippen LogP contribution in [0.4, 0.5) is 5.82 Å².